The summed E-state index contributed by atoms with van der Waals surface area (Å²) in [5.41, 5.74) is 2.97. The average Bonchev–Trinajstić information content (AvgIpc) is 3.22. The number of hydrogen-bond donors (Lipinski definition) is 1. The Morgan fingerprint density at radius 1 is 1.32 bits per heavy atom. The number of hydrogen-bond acceptors (Lipinski definition) is 2. The van der Waals surface area contributed by atoms with Crippen molar-refractivity contribution in [2.75, 3.05) is 7.11 Å². The molecular weight excluding hydrogens is 234 g/mol. The van der Waals surface area contributed by atoms with Crippen LogP contribution in [0.5, 0.6) is 5.75 Å². The highest BCUT2D eigenvalue weighted by Gasteiger charge is 2.26. The monoisotopic (exact) mass is 259 g/mol. The lowest BCUT2D eigenvalue weighted by atomic mass is 9.87. The molecular formula is C17H25NO. The predicted molar refractivity (Wildman–Crippen MR) is 78.6 cm³/mol. The Labute approximate surface area is 116 Å². The molecule has 2 heteroatoms. The van der Waals surface area contributed by atoms with Gasteiger partial charge >= 0.3 is 0 Å². The largest absolute Gasteiger partial charge is 0.497 e. The van der Waals surface area contributed by atoms with Crippen LogP contribution in [0.25, 0.3) is 0 Å². The van der Waals surface area contributed by atoms with Crippen molar-refractivity contribution in [3.05, 3.63) is 29.3 Å². The number of aryl methyl sites for hydroxylation is 1. The molecule has 0 heterocycles. The van der Waals surface area contributed by atoms with E-state index < -0.39 is 0 Å². The standard InChI is InChI=1S/C17H25NO/c1-12(10-13-6-7-13)18-17-5-3-4-14-8-9-15(19-2)11-16(14)17/h8-9,11-13,17-18H,3-7,10H2,1-2H3. The van der Waals surface area contributed by atoms with Gasteiger partial charge in [-0.15, -0.1) is 0 Å². The van der Waals surface area contributed by atoms with Gasteiger partial charge in [0.05, 0.1) is 7.11 Å². The van der Waals surface area contributed by atoms with E-state index in [9.17, 15) is 0 Å². The zero-order chi connectivity index (χ0) is 13.2. The quantitative estimate of drug-likeness (QED) is 0.867. The van der Waals surface area contributed by atoms with Gasteiger partial charge in [-0.25, -0.2) is 0 Å². The van der Waals surface area contributed by atoms with Crippen LogP contribution in [-0.2, 0) is 6.42 Å². The third-order valence-corrected chi connectivity index (χ3v) is 4.54. The van der Waals surface area contributed by atoms with Crippen molar-refractivity contribution in [2.45, 2.75) is 57.5 Å². The summed E-state index contributed by atoms with van der Waals surface area (Å²) in [5.74, 6) is 1.98. The van der Waals surface area contributed by atoms with Crippen LogP contribution in [0, 0.1) is 5.92 Å². The van der Waals surface area contributed by atoms with E-state index in [-0.39, 0.29) is 0 Å². The van der Waals surface area contributed by atoms with E-state index in [0.29, 0.717) is 12.1 Å². The summed E-state index contributed by atoms with van der Waals surface area (Å²) in [7, 11) is 1.75. The van der Waals surface area contributed by atoms with Crippen LogP contribution in [0.1, 0.15) is 56.2 Å². The first-order chi connectivity index (χ1) is 9.26. The molecule has 0 saturated heterocycles. The molecule has 0 bridgehead atoms. The highest BCUT2D eigenvalue weighted by Crippen LogP contribution is 2.36. The van der Waals surface area contributed by atoms with Gasteiger partial charge in [0.1, 0.15) is 5.75 Å². The smallest absolute Gasteiger partial charge is 0.119 e. The number of rotatable bonds is 5. The second-order valence-corrected chi connectivity index (χ2v) is 6.26. The predicted octanol–water partition coefficient (Wildman–Crippen LogP) is 3.85. The molecule has 0 spiro atoms. The molecule has 2 nitrogen and oxygen atoms in total. The molecule has 1 aromatic carbocycles. The SMILES string of the molecule is COc1ccc2c(c1)C(NC(C)CC1CC1)CCC2. The fourth-order valence-corrected chi connectivity index (χ4v) is 3.34. The molecule has 2 aliphatic carbocycles. The summed E-state index contributed by atoms with van der Waals surface area (Å²) < 4.78 is 5.38. The fourth-order valence-electron chi connectivity index (χ4n) is 3.34. The maximum atomic E-state index is 5.38. The topological polar surface area (TPSA) is 21.3 Å². The number of fused-ring (bicyclic) bond motifs is 1. The minimum Gasteiger partial charge on any atom is -0.497 e. The lowest BCUT2D eigenvalue weighted by Crippen LogP contribution is -2.33. The summed E-state index contributed by atoms with van der Waals surface area (Å²) in [6, 6.07) is 7.72. The van der Waals surface area contributed by atoms with Crippen molar-refractivity contribution in [3.8, 4) is 5.75 Å². The zero-order valence-corrected chi connectivity index (χ0v) is 12.1. The number of methoxy groups -OCH3 is 1. The van der Waals surface area contributed by atoms with Crippen molar-refractivity contribution in [1.82, 2.24) is 5.32 Å². The summed E-state index contributed by atoms with van der Waals surface area (Å²) in [5, 5.41) is 3.84. The Bertz CT molecular complexity index is 439. The number of ether oxygens (including phenoxy) is 1. The summed E-state index contributed by atoms with van der Waals surface area (Å²) in [6.45, 7) is 2.34. The second-order valence-electron chi connectivity index (χ2n) is 6.26. The molecule has 0 aliphatic heterocycles. The van der Waals surface area contributed by atoms with Gasteiger partial charge in [0.15, 0.2) is 0 Å². The fraction of sp³-hybridized carbons (Fsp3) is 0.647. The first kappa shape index (κ1) is 13.0. The highest BCUT2D eigenvalue weighted by atomic mass is 16.5. The van der Waals surface area contributed by atoms with Crippen LogP contribution in [0.4, 0.5) is 0 Å². The van der Waals surface area contributed by atoms with Crippen molar-refractivity contribution >= 4 is 0 Å². The Kier molecular flexibility index (Phi) is 3.79. The third kappa shape index (κ3) is 3.11. The van der Waals surface area contributed by atoms with E-state index in [1.165, 1.54) is 49.7 Å². The average molecular weight is 259 g/mol. The third-order valence-electron chi connectivity index (χ3n) is 4.54. The molecule has 1 saturated carbocycles. The molecule has 2 aliphatic rings. The lowest BCUT2D eigenvalue weighted by molar-refractivity contribution is 0.380. The normalized spacial score (nSPS) is 23.8. The van der Waals surface area contributed by atoms with Gasteiger partial charge in [-0.2, -0.15) is 0 Å². The maximum Gasteiger partial charge on any atom is 0.119 e. The maximum absolute atomic E-state index is 5.38. The minimum absolute atomic E-state index is 0.521. The minimum atomic E-state index is 0.521. The van der Waals surface area contributed by atoms with Crippen LogP contribution in [0.2, 0.25) is 0 Å². The Hall–Kier alpha value is -1.02. The Morgan fingerprint density at radius 2 is 2.16 bits per heavy atom. The van der Waals surface area contributed by atoms with Crippen LogP contribution in [-0.4, -0.2) is 13.2 Å². The van der Waals surface area contributed by atoms with E-state index in [2.05, 4.69) is 30.4 Å². The summed E-state index contributed by atoms with van der Waals surface area (Å²) in [6.07, 6.45) is 8.01. The first-order valence-electron chi connectivity index (χ1n) is 7.69. The van der Waals surface area contributed by atoms with Crippen LogP contribution < -0.4 is 10.1 Å². The molecule has 2 atom stereocenters. The second kappa shape index (κ2) is 5.54. The molecule has 1 fully saturated rings. The van der Waals surface area contributed by atoms with Crippen LogP contribution >= 0.6 is 0 Å². The van der Waals surface area contributed by atoms with Gasteiger partial charge in [0, 0.05) is 12.1 Å². The number of nitrogens with one attached hydrogen (secondary N) is 1. The summed E-state index contributed by atoms with van der Waals surface area (Å²) >= 11 is 0. The van der Waals surface area contributed by atoms with Crippen molar-refractivity contribution < 1.29 is 4.74 Å². The van der Waals surface area contributed by atoms with Gasteiger partial charge in [-0.05, 0) is 61.8 Å². The molecule has 1 N–H and O–H groups in total. The number of benzene rings is 1. The molecule has 3 rings (SSSR count). The molecule has 19 heavy (non-hydrogen) atoms. The van der Waals surface area contributed by atoms with Crippen molar-refractivity contribution in [3.63, 3.8) is 0 Å². The molecule has 0 aromatic heterocycles. The molecule has 0 radical (unpaired) electrons. The summed E-state index contributed by atoms with van der Waals surface area (Å²) in [4.78, 5) is 0. The van der Waals surface area contributed by atoms with Crippen LogP contribution in [0.3, 0.4) is 0 Å². The van der Waals surface area contributed by atoms with E-state index in [1.54, 1.807) is 7.11 Å². The van der Waals surface area contributed by atoms with Gasteiger partial charge < -0.3 is 10.1 Å². The lowest BCUT2D eigenvalue weighted by Gasteiger charge is -2.29. The zero-order valence-electron chi connectivity index (χ0n) is 12.1. The van der Waals surface area contributed by atoms with E-state index in [0.717, 1.165) is 11.7 Å². The van der Waals surface area contributed by atoms with Gasteiger partial charge in [-0.3, -0.25) is 0 Å². The van der Waals surface area contributed by atoms with Gasteiger partial charge in [-0.1, -0.05) is 18.9 Å². The van der Waals surface area contributed by atoms with E-state index >= 15 is 0 Å². The van der Waals surface area contributed by atoms with Gasteiger partial charge in [0.2, 0.25) is 0 Å². The van der Waals surface area contributed by atoms with Gasteiger partial charge in [0.25, 0.3) is 0 Å². The molecule has 2 unspecified atom stereocenters. The highest BCUT2D eigenvalue weighted by molar-refractivity contribution is 5.39. The molecule has 104 valence electrons. The van der Waals surface area contributed by atoms with Crippen molar-refractivity contribution in [1.29, 1.82) is 0 Å². The first-order valence-corrected chi connectivity index (χ1v) is 7.69. The van der Waals surface area contributed by atoms with Crippen molar-refractivity contribution in [2.24, 2.45) is 5.92 Å². The van der Waals surface area contributed by atoms with E-state index in [4.69, 9.17) is 4.74 Å². The Balaban J connectivity index is 1.72. The Morgan fingerprint density at radius 3 is 2.89 bits per heavy atom. The van der Waals surface area contributed by atoms with Crippen LogP contribution in [0.15, 0.2) is 18.2 Å². The molecule has 1 aromatic rings. The van der Waals surface area contributed by atoms with E-state index in [1.807, 2.05) is 0 Å². The molecule has 0 amide bonds.